The Labute approximate surface area is 170 Å². The van der Waals surface area contributed by atoms with Crippen molar-refractivity contribution in [3.8, 4) is 0 Å². The molecule has 5 nitrogen and oxygen atoms in total. The lowest BCUT2D eigenvalue weighted by molar-refractivity contribution is -0.141. The molecular formula is C19H32ClF3N4O. The second kappa shape index (κ2) is 11.7. The summed E-state index contributed by atoms with van der Waals surface area (Å²) in [5, 5.41) is 5.46. The number of hydrogen-bond acceptors (Lipinski definition) is 3. The van der Waals surface area contributed by atoms with Crippen LogP contribution in [-0.4, -0.2) is 46.3 Å². The maximum absolute atomic E-state index is 12.9. The number of unbranched alkanes of at least 4 members (excludes halogenated alkanes) is 4. The van der Waals surface area contributed by atoms with E-state index in [1.165, 1.54) is 7.05 Å². The molecule has 0 aliphatic carbocycles. The lowest BCUT2D eigenvalue weighted by atomic mass is 10.2. The van der Waals surface area contributed by atoms with Gasteiger partial charge in [-0.2, -0.15) is 18.3 Å². The van der Waals surface area contributed by atoms with Crippen molar-refractivity contribution < 1.29 is 18.0 Å². The molecule has 1 aromatic heterocycles. The third kappa shape index (κ3) is 7.62. The molecule has 0 bridgehead atoms. The van der Waals surface area contributed by atoms with E-state index >= 15 is 0 Å². The zero-order chi connectivity index (χ0) is 21.3. The van der Waals surface area contributed by atoms with Crippen molar-refractivity contribution in [1.82, 2.24) is 20.0 Å². The standard InChI is InChI=1S/C19H32ClF3N4O/c1-5-7-9-11-27(12-10-8-6-2)13-14(3)24-18(28)16-15(20)17(19(21,22)23)25-26(16)4/h14H,5-13H2,1-4H3,(H,24,28). The van der Waals surface area contributed by atoms with Gasteiger partial charge in [0, 0.05) is 19.6 Å². The van der Waals surface area contributed by atoms with Crippen LogP contribution in [0.4, 0.5) is 13.2 Å². The number of hydrogen-bond donors (Lipinski definition) is 1. The molecule has 162 valence electrons. The highest BCUT2D eigenvalue weighted by atomic mass is 35.5. The first-order valence-corrected chi connectivity index (χ1v) is 10.3. The smallest absolute Gasteiger partial charge is 0.347 e. The SMILES string of the molecule is CCCCCN(CCCCC)CC(C)NC(=O)c1c(Cl)c(C(F)(F)F)nn1C. The summed E-state index contributed by atoms with van der Waals surface area (Å²) in [6.07, 6.45) is 2.04. The minimum atomic E-state index is -4.70. The van der Waals surface area contributed by atoms with Gasteiger partial charge in [-0.05, 0) is 32.9 Å². The average molecular weight is 425 g/mol. The van der Waals surface area contributed by atoms with Crippen LogP contribution in [0.5, 0.6) is 0 Å². The molecule has 0 fully saturated rings. The highest BCUT2D eigenvalue weighted by Gasteiger charge is 2.39. The number of alkyl halides is 3. The Kier molecular flexibility index (Phi) is 10.3. The molecule has 1 heterocycles. The largest absolute Gasteiger partial charge is 0.436 e. The number of nitrogens with one attached hydrogen (secondary N) is 1. The molecule has 0 saturated heterocycles. The maximum Gasteiger partial charge on any atom is 0.436 e. The average Bonchev–Trinajstić information content (AvgIpc) is 2.89. The van der Waals surface area contributed by atoms with E-state index in [1.807, 2.05) is 6.92 Å². The van der Waals surface area contributed by atoms with E-state index in [1.54, 1.807) is 0 Å². The van der Waals surface area contributed by atoms with Crippen molar-refractivity contribution >= 4 is 17.5 Å². The van der Waals surface area contributed by atoms with Gasteiger partial charge >= 0.3 is 6.18 Å². The summed E-state index contributed by atoms with van der Waals surface area (Å²) >= 11 is 5.79. The van der Waals surface area contributed by atoms with Crippen LogP contribution >= 0.6 is 11.6 Å². The van der Waals surface area contributed by atoms with Crippen molar-refractivity contribution in [2.75, 3.05) is 19.6 Å². The zero-order valence-electron chi connectivity index (χ0n) is 17.2. The number of rotatable bonds is 12. The lowest BCUT2D eigenvalue weighted by Crippen LogP contribution is -2.43. The first-order chi connectivity index (χ1) is 13.1. The highest BCUT2D eigenvalue weighted by molar-refractivity contribution is 6.34. The minimum absolute atomic E-state index is 0.226. The molecule has 0 radical (unpaired) electrons. The number of carbonyl (C=O) groups excluding carboxylic acids is 1. The molecule has 1 rings (SSSR count). The van der Waals surface area contributed by atoms with Crippen molar-refractivity contribution in [3.05, 3.63) is 16.4 Å². The van der Waals surface area contributed by atoms with E-state index in [-0.39, 0.29) is 11.7 Å². The van der Waals surface area contributed by atoms with Gasteiger partial charge in [-0.1, -0.05) is 51.1 Å². The van der Waals surface area contributed by atoms with Crippen molar-refractivity contribution in [2.24, 2.45) is 7.05 Å². The Bertz CT molecular complexity index is 609. The fourth-order valence-electron chi connectivity index (χ4n) is 3.12. The van der Waals surface area contributed by atoms with Gasteiger partial charge in [0.2, 0.25) is 0 Å². The number of aromatic nitrogens is 2. The van der Waals surface area contributed by atoms with Gasteiger partial charge in [-0.15, -0.1) is 0 Å². The van der Waals surface area contributed by atoms with E-state index < -0.39 is 22.8 Å². The second-order valence-electron chi connectivity index (χ2n) is 7.22. The summed E-state index contributed by atoms with van der Waals surface area (Å²) < 4.78 is 39.7. The van der Waals surface area contributed by atoms with Gasteiger partial charge in [-0.25, -0.2) is 0 Å². The molecule has 1 N–H and O–H groups in total. The Balaban J connectivity index is 2.74. The van der Waals surface area contributed by atoms with Gasteiger partial charge in [0.1, 0.15) is 10.7 Å². The normalized spacial score (nSPS) is 13.2. The molecule has 1 amide bonds. The number of nitrogens with zero attached hydrogens (tertiary/aromatic N) is 3. The zero-order valence-corrected chi connectivity index (χ0v) is 18.0. The molecule has 1 atom stereocenters. The molecule has 0 spiro atoms. The van der Waals surface area contributed by atoms with Crippen LogP contribution in [0.1, 0.15) is 75.5 Å². The Hall–Kier alpha value is -1.28. The molecule has 0 aromatic carbocycles. The highest BCUT2D eigenvalue weighted by Crippen LogP contribution is 2.35. The van der Waals surface area contributed by atoms with Crippen LogP contribution in [0.15, 0.2) is 0 Å². The number of carbonyl (C=O) groups is 1. The van der Waals surface area contributed by atoms with E-state index in [2.05, 4.69) is 29.2 Å². The first-order valence-electron chi connectivity index (χ1n) is 9.94. The monoisotopic (exact) mass is 424 g/mol. The minimum Gasteiger partial charge on any atom is -0.347 e. The molecule has 28 heavy (non-hydrogen) atoms. The van der Waals surface area contributed by atoms with Gasteiger partial charge in [-0.3, -0.25) is 9.48 Å². The summed E-state index contributed by atoms with van der Waals surface area (Å²) in [7, 11) is 1.28. The van der Waals surface area contributed by atoms with E-state index in [0.29, 0.717) is 6.54 Å². The van der Waals surface area contributed by atoms with Crippen LogP contribution < -0.4 is 5.32 Å². The van der Waals surface area contributed by atoms with E-state index in [9.17, 15) is 18.0 Å². The second-order valence-corrected chi connectivity index (χ2v) is 7.60. The summed E-state index contributed by atoms with van der Waals surface area (Å²) in [5.74, 6) is -0.648. The topological polar surface area (TPSA) is 50.2 Å². The fourth-order valence-corrected chi connectivity index (χ4v) is 3.47. The van der Waals surface area contributed by atoms with Gasteiger partial charge in [0.15, 0.2) is 5.69 Å². The Morgan fingerprint density at radius 1 is 1.18 bits per heavy atom. The van der Waals surface area contributed by atoms with Crippen LogP contribution in [0.25, 0.3) is 0 Å². The Morgan fingerprint density at radius 2 is 1.71 bits per heavy atom. The number of aryl methyl sites for hydroxylation is 1. The summed E-state index contributed by atoms with van der Waals surface area (Å²) in [6.45, 7) is 8.68. The Morgan fingerprint density at radius 3 is 2.14 bits per heavy atom. The predicted molar refractivity (Wildman–Crippen MR) is 106 cm³/mol. The lowest BCUT2D eigenvalue weighted by Gasteiger charge is -2.26. The maximum atomic E-state index is 12.9. The van der Waals surface area contributed by atoms with Crippen LogP contribution in [0.2, 0.25) is 5.02 Å². The molecular weight excluding hydrogens is 393 g/mol. The summed E-state index contributed by atoms with van der Waals surface area (Å²) in [5.41, 5.74) is -1.51. The molecule has 1 aromatic rings. The third-order valence-electron chi connectivity index (χ3n) is 4.54. The molecule has 0 saturated carbocycles. The van der Waals surface area contributed by atoms with E-state index in [4.69, 9.17) is 11.6 Å². The fraction of sp³-hybridized carbons (Fsp3) is 0.789. The number of amides is 1. The van der Waals surface area contributed by atoms with Gasteiger partial charge in [0.25, 0.3) is 5.91 Å². The predicted octanol–water partition coefficient (Wildman–Crippen LogP) is 4.89. The van der Waals surface area contributed by atoms with Crippen LogP contribution in [-0.2, 0) is 13.2 Å². The van der Waals surface area contributed by atoms with E-state index in [0.717, 1.165) is 56.3 Å². The van der Waals surface area contributed by atoms with Crippen LogP contribution in [0, 0.1) is 0 Å². The first kappa shape index (κ1) is 24.8. The van der Waals surface area contributed by atoms with Crippen molar-refractivity contribution in [2.45, 2.75) is 71.5 Å². The summed E-state index contributed by atoms with van der Waals surface area (Å²) in [4.78, 5) is 14.8. The van der Waals surface area contributed by atoms with Gasteiger partial charge in [0.05, 0.1) is 0 Å². The van der Waals surface area contributed by atoms with Crippen molar-refractivity contribution in [3.63, 3.8) is 0 Å². The van der Waals surface area contributed by atoms with Crippen molar-refractivity contribution in [1.29, 1.82) is 0 Å². The third-order valence-corrected chi connectivity index (χ3v) is 4.90. The number of halogens is 4. The molecule has 1 unspecified atom stereocenters. The molecule has 0 aliphatic rings. The quantitative estimate of drug-likeness (QED) is 0.486. The van der Waals surface area contributed by atoms with Crippen LogP contribution in [0.3, 0.4) is 0 Å². The molecule has 0 aliphatic heterocycles. The van der Waals surface area contributed by atoms with Gasteiger partial charge < -0.3 is 10.2 Å². The molecule has 9 heteroatoms. The summed E-state index contributed by atoms with van der Waals surface area (Å²) in [6, 6.07) is -0.226.